The van der Waals surface area contributed by atoms with Gasteiger partial charge in [0.25, 0.3) is 5.91 Å². The maximum atomic E-state index is 12.6. The van der Waals surface area contributed by atoms with Gasteiger partial charge in [0, 0.05) is 12.6 Å². The van der Waals surface area contributed by atoms with Crippen molar-refractivity contribution in [1.29, 1.82) is 0 Å². The van der Waals surface area contributed by atoms with Crippen LogP contribution in [-0.2, 0) is 11.2 Å². The molecule has 0 saturated carbocycles. The highest BCUT2D eigenvalue weighted by Gasteiger charge is 2.21. The van der Waals surface area contributed by atoms with Crippen LogP contribution in [0.25, 0.3) is 0 Å². The average Bonchev–Trinajstić information content (AvgIpc) is 2.51. The van der Waals surface area contributed by atoms with Crippen LogP contribution >= 0.6 is 0 Å². The molecule has 0 aromatic heterocycles. The van der Waals surface area contributed by atoms with Gasteiger partial charge in [0.15, 0.2) is 0 Å². The van der Waals surface area contributed by atoms with Crippen molar-refractivity contribution in [3.63, 3.8) is 0 Å². The standard InChI is InChI=1S/C19H21NO2/c1-14-9-15(2)11-17(10-14)19(22)20(3)18(13-21)12-16-7-5-4-6-8-16/h4-11,13,18H,12H2,1-3H3. The summed E-state index contributed by atoms with van der Waals surface area (Å²) in [5.41, 5.74) is 3.75. The number of aryl methyl sites for hydroxylation is 2. The fraction of sp³-hybridized carbons (Fsp3) is 0.263. The molecule has 0 spiro atoms. The van der Waals surface area contributed by atoms with E-state index in [1.165, 1.54) is 4.90 Å². The quantitative estimate of drug-likeness (QED) is 0.794. The Morgan fingerprint density at radius 3 is 2.23 bits per heavy atom. The summed E-state index contributed by atoms with van der Waals surface area (Å²) in [6, 6.07) is 15.0. The number of nitrogens with zero attached hydrogens (tertiary/aromatic N) is 1. The lowest BCUT2D eigenvalue weighted by atomic mass is 10.0. The number of carbonyl (C=O) groups excluding carboxylic acids is 2. The molecule has 0 aliphatic rings. The lowest BCUT2D eigenvalue weighted by Gasteiger charge is -2.24. The minimum atomic E-state index is -0.462. The molecule has 1 amide bonds. The van der Waals surface area contributed by atoms with Crippen LogP contribution in [-0.4, -0.2) is 30.2 Å². The van der Waals surface area contributed by atoms with Crippen LogP contribution in [0.3, 0.4) is 0 Å². The minimum absolute atomic E-state index is 0.125. The van der Waals surface area contributed by atoms with Crippen molar-refractivity contribution >= 4 is 12.2 Å². The van der Waals surface area contributed by atoms with Crippen molar-refractivity contribution in [2.24, 2.45) is 0 Å². The number of rotatable bonds is 5. The van der Waals surface area contributed by atoms with Crippen molar-refractivity contribution in [2.75, 3.05) is 7.05 Å². The maximum absolute atomic E-state index is 12.6. The van der Waals surface area contributed by atoms with Crippen molar-refractivity contribution < 1.29 is 9.59 Å². The van der Waals surface area contributed by atoms with Gasteiger partial charge >= 0.3 is 0 Å². The Kier molecular flexibility index (Phi) is 5.10. The monoisotopic (exact) mass is 295 g/mol. The van der Waals surface area contributed by atoms with Gasteiger partial charge in [0.05, 0.1) is 6.04 Å². The lowest BCUT2D eigenvalue weighted by Crippen LogP contribution is -2.39. The molecular formula is C19H21NO2. The smallest absolute Gasteiger partial charge is 0.254 e. The summed E-state index contributed by atoms with van der Waals surface area (Å²) >= 11 is 0. The number of aldehydes is 1. The van der Waals surface area contributed by atoms with E-state index < -0.39 is 6.04 Å². The first kappa shape index (κ1) is 16.0. The molecule has 0 radical (unpaired) electrons. The van der Waals surface area contributed by atoms with E-state index in [0.29, 0.717) is 12.0 Å². The zero-order chi connectivity index (χ0) is 16.1. The molecule has 114 valence electrons. The molecule has 2 aromatic rings. The molecule has 0 bridgehead atoms. The normalized spacial score (nSPS) is 11.8. The summed E-state index contributed by atoms with van der Waals surface area (Å²) in [7, 11) is 1.68. The number of carbonyl (C=O) groups is 2. The van der Waals surface area contributed by atoms with Gasteiger partial charge in [-0.05, 0) is 38.0 Å². The predicted octanol–water partition coefficient (Wildman–Crippen LogP) is 3.19. The first-order valence-corrected chi connectivity index (χ1v) is 7.36. The summed E-state index contributed by atoms with van der Waals surface area (Å²) in [6.07, 6.45) is 1.37. The van der Waals surface area contributed by atoms with E-state index in [0.717, 1.165) is 23.0 Å². The molecule has 0 aliphatic carbocycles. The second kappa shape index (κ2) is 7.03. The third-order valence-corrected chi connectivity index (χ3v) is 3.73. The third-order valence-electron chi connectivity index (χ3n) is 3.73. The van der Waals surface area contributed by atoms with Gasteiger partial charge in [-0.3, -0.25) is 4.79 Å². The van der Waals surface area contributed by atoms with Crippen LogP contribution in [0.5, 0.6) is 0 Å². The Morgan fingerprint density at radius 2 is 1.68 bits per heavy atom. The number of hydrogen-bond acceptors (Lipinski definition) is 2. The Bertz CT molecular complexity index is 644. The zero-order valence-corrected chi connectivity index (χ0v) is 13.2. The zero-order valence-electron chi connectivity index (χ0n) is 13.2. The summed E-state index contributed by atoms with van der Waals surface area (Å²) in [5.74, 6) is -0.125. The Hall–Kier alpha value is -2.42. The topological polar surface area (TPSA) is 37.4 Å². The van der Waals surface area contributed by atoms with Crippen LogP contribution in [0.1, 0.15) is 27.0 Å². The summed E-state index contributed by atoms with van der Waals surface area (Å²) in [5, 5.41) is 0. The second-order valence-electron chi connectivity index (χ2n) is 5.69. The van der Waals surface area contributed by atoms with Gasteiger partial charge in [0.2, 0.25) is 0 Å². The fourth-order valence-corrected chi connectivity index (χ4v) is 2.58. The number of hydrogen-bond donors (Lipinski definition) is 0. The van der Waals surface area contributed by atoms with E-state index in [4.69, 9.17) is 0 Å². The Balaban J connectivity index is 2.18. The first-order chi connectivity index (χ1) is 10.5. The van der Waals surface area contributed by atoms with Gasteiger partial charge in [0.1, 0.15) is 6.29 Å². The van der Waals surface area contributed by atoms with E-state index in [1.54, 1.807) is 7.05 Å². The molecule has 0 saturated heterocycles. The molecule has 2 aromatic carbocycles. The summed E-state index contributed by atoms with van der Waals surface area (Å²) in [4.78, 5) is 25.6. The molecule has 3 nitrogen and oxygen atoms in total. The Labute approximate surface area is 131 Å². The largest absolute Gasteiger partial charge is 0.332 e. The van der Waals surface area contributed by atoms with Gasteiger partial charge in [-0.2, -0.15) is 0 Å². The highest BCUT2D eigenvalue weighted by molar-refractivity contribution is 5.95. The van der Waals surface area contributed by atoms with Gasteiger partial charge < -0.3 is 9.69 Å². The summed E-state index contributed by atoms with van der Waals surface area (Å²) in [6.45, 7) is 3.93. The number of benzene rings is 2. The highest BCUT2D eigenvalue weighted by Crippen LogP contribution is 2.14. The molecule has 1 atom stereocenters. The highest BCUT2D eigenvalue weighted by atomic mass is 16.2. The van der Waals surface area contributed by atoms with Crippen molar-refractivity contribution in [2.45, 2.75) is 26.3 Å². The van der Waals surface area contributed by atoms with E-state index >= 15 is 0 Å². The van der Waals surface area contributed by atoms with Crippen LogP contribution in [0.4, 0.5) is 0 Å². The molecule has 0 aliphatic heterocycles. The van der Waals surface area contributed by atoms with Crippen molar-refractivity contribution in [1.82, 2.24) is 4.90 Å². The van der Waals surface area contributed by atoms with Crippen LogP contribution in [0.2, 0.25) is 0 Å². The molecule has 2 rings (SSSR count). The van der Waals surface area contributed by atoms with Gasteiger partial charge in [-0.15, -0.1) is 0 Å². The van der Waals surface area contributed by atoms with E-state index in [9.17, 15) is 9.59 Å². The van der Waals surface area contributed by atoms with E-state index in [1.807, 2.05) is 62.4 Å². The van der Waals surface area contributed by atoms with Gasteiger partial charge in [-0.1, -0.05) is 47.5 Å². The SMILES string of the molecule is Cc1cc(C)cc(C(=O)N(C)C(C=O)Cc2ccccc2)c1. The predicted molar refractivity (Wildman–Crippen MR) is 88.0 cm³/mol. The van der Waals surface area contributed by atoms with Crippen LogP contribution < -0.4 is 0 Å². The lowest BCUT2D eigenvalue weighted by molar-refractivity contribution is -0.111. The molecule has 22 heavy (non-hydrogen) atoms. The second-order valence-corrected chi connectivity index (χ2v) is 5.69. The fourth-order valence-electron chi connectivity index (χ4n) is 2.58. The molecular weight excluding hydrogens is 274 g/mol. The van der Waals surface area contributed by atoms with Crippen LogP contribution in [0, 0.1) is 13.8 Å². The molecule has 0 fully saturated rings. The maximum Gasteiger partial charge on any atom is 0.254 e. The average molecular weight is 295 g/mol. The summed E-state index contributed by atoms with van der Waals surface area (Å²) < 4.78 is 0. The molecule has 1 unspecified atom stereocenters. The van der Waals surface area contributed by atoms with E-state index in [-0.39, 0.29) is 5.91 Å². The Morgan fingerprint density at radius 1 is 1.09 bits per heavy atom. The van der Waals surface area contributed by atoms with Crippen molar-refractivity contribution in [3.05, 3.63) is 70.8 Å². The number of likely N-dealkylation sites (N-methyl/N-ethyl adjacent to an activating group) is 1. The van der Waals surface area contributed by atoms with Crippen LogP contribution in [0.15, 0.2) is 48.5 Å². The van der Waals surface area contributed by atoms with Gasteiger partial charge in [-0.25, -0.2) is 0 Å². The molecule has 0 N–H and O–H groups in total. The first-order valence-electron chi connectivity index (χ1n) is 7.36. The number of amides is 1. The molecule has 3 heteroatoms. The van der Waals surface area contributed by atoms with E-state index in [2.05, 4.69) is 0 Å². The van der Waals surface area contributed by atoms with Crippen molar-refractivity contribution in [3.8, 4) is 0 Å². The minimum Gasteiger partial charge on any atom is -0.332 e. The third kappa shape index (κ3) is 3.82. The molecule has 0 heterocycles.